The number of thioether (sulfide) groups is 1. The lowest BCUT2D eigenvalue weighted by molar-refractivity contribution is 0.590. The minimum atomic E-state index is 0.0699. The van der Waals surface area contributed by atoms with Gasteiger partial charge in [-0.3, -0.25) is 0 Å². The summed E-state index contributed by atoms with van der Waals surface area (Å²) in [6, 6.07) is 10.9. The fourth-order valence-electron chi connectivity index (χ4n) is 1.40. The summed E-state index contributed by atoms with van der Waals surface area (Å²) in [5.41, 5.74) is 1.53. The van der Waals surface area contributed by atoms with E-state index < -0.39 is 0 Å². The molecule has 86 valence electrons. The van der Waals surface area contributed by atoms with Crippen LogP contribution >= 0.6 is 11.8 Å². The van der Waals surface area contributed by atoms with E-state index in [2.05, 4.69) is 51.1 Å². The van der Waals surface area contributed by atoms with E-state index in [1.165, 1.54) is 10.5 Å². The molecule has 0 saturated heterocycles. The minimum Gasteiger partial charge on any atom is -0.197 e. The molecule has 0 saturated carbocycles. The molecule has 0 aliphatic heterocycles. The molecule has 0 heterocycles. The van der Waals surface area contributed by atoms with Crippen LogP contribution in [0.5, 0.6) is 0 Å². The SMILES string of the molecule is CCC(C#N)Sc1ccc(C(C)(C)C)cc1. The zero-order valence-electron chi connectivity index (χ0n) is 10.4. The molecule has 1 aromatic rings. The summed E-state index contributed by atoms with van der Waals surface area (Å²) in [6.07, 6.45) is 0.891. The second-order valence-electron chi connectivity index (χ2n) is 4.92. The lowest BCUT2D eigenvalue weighted by Gasteiger charge is -2.19. The summed E-state index contributed by atoms with van der Waals surface area (Å²) in [5, 5.41) is 8.97. The van der Waals surface area contributed by atoms with Crippen LogP contribution in [0.2, 0.25) is 0 Å². The predicted octanol–water partition coefficient (Wildman–Crippen LogP) is 4.38. The quantitative estimate of drug-likeness (QED) is 0.723. The van der Waals surface area contributed by atoms with Gasteiger partial charge in [-0.1, -0.05) is 39.8 Å². The Morgan fingerprint density at radius 1 is 1.25 bits per heavy atom. The third-order valence-electron chi connectivity index (χ3n) is 2.51. The zero-order valence-corrected chi connectivity index (χ0v) is 11.3. The molecule has 2 heteroatoms. The maximum absolute atomic E-state index is 8.90. The van der Waals surface area contributed by atoms with Crippen LogP contribution in [0, 0.1) is 11.3 Å². The van der Waals surface area contributed by atoms with Gasteiger partial charge in [-0.2, -0.15) is 5.26 Å². The van der Waals surface area contributed by atoms with Crippen LogP contribution in [0.3, 0.4) is 0 Å². The van der Waals surface area contributed by atoms with E-state index in [4.69, 9.17) is 5.26 Å². The van der Waals surface area contributed by atoms with E-state index in [1.54, 1.807) is 11.8 Å². The number of nitrogens with zero attached hydrogens (tertiary/aromatic N) is 1. The van der Waals surface area contributed by atoms with E-state index >= 15 is 0 Å². The van der Waals surface area contributed by atoms with Crippen molar-refractivity contribution in [1.29, 1.82) is 5.26 Å². The van der Waals surface area contributed by atoms with Crippen molar-refractivity contribution in [2.24, 2.45) is 0 Å². The largest absolute Gasteiger partial charge is 0.197 e. The van der Waals surface area contributed by atoms with Crippen LogP contribution in [0.15, 0.2) is 29.2 Å². The zero-order chi connectivity index (χ0) is 12.2. The summed E-state index contributed by atoms with van der Waals surface area (Å²) >= 11 is 1.65. The smallest absolute Gasteiger partial charge is 0.0961 e. The van der Waals surface area contributed by atoms with Crippen molar-refractivity contribution in [1.82, 2.24) is 0 Å². The molecule has 0 aliphatic carbocycles. The first-order valence-corrected chi connectivity index (χ1v) is 6.52. The lowest BCUT2D eigenvalue weighted by Crippen LogP contribution is -2.10. The first-order chi connectivity index (χ1) is 7.47. The van der Waals surface area contributed by atoms with Crippen LogP contribution in [-0.2, 0) is 5.41 Å². The topological polar surface area (TPSA) is 23.8 Å². The molecule has 1 atom stereocenters. The van der Waals surface area contributed by atoms with Crippen molar-refractivity contribution in [3.8, 4) is 6.07 Å². The highest BCUT2D eigenvalue weighted by atomic mass is 32.2. The fourth-order valence-corrected chi connectivity index (χ4v) is 2.24. The normalized spacial score (nSPS) is 13.2. The van der Waals surface area contributed by atoms with Gasteiger partial charge in [0.05, 0.1) is 11.3 Å². The van der Waals surface area contributed by atoms with Crippen molar-refractivity contribution in [3.05, 3.63) is 29.8 Å². The van der Waals surface area contributed by atoms with Crippen molar-refractivity contribution >= 4 is 11.8 Å². The van der Waals surface area contributed by atoms with E-state index in [0.29, 0.717) is 0 Å². The molecule has 16 heavy (non-hydrogen) atoms. The van der Waals surface area contributed by atoms with Crippen LogP contribution in [0.25, 0.3) is 0 Å². The van der Waals surface area contributed by atoms with Gasteiger partial charge >= 0.3 is 0 Å². The molecule has 0 radical (unpaired) electrons. The van der Waals surface area contributed by atoms with Gasteiger partial charge in [0.1, 0.15) is 0 Å². The molecule has 1 unspecified atom stereocenters. The molecule has 0 spiro atoms. The van der Waals surface area contributed by atoms with Gasteiger partial charge in [-0.05, 0) is 29.5 Å². The molecule has 0 amide bonds. The maximum Gasteiger partial charge on any atom is 0.0961 e. The Balaban J connectivity index is 2.77. The molecule has 1 rings (SSSR count). The summed E-state index contributed by atoms with van der Waals surface area (Å²) in [6.45, 7) is 8.67. The van der Waals surface area contributed by atoms with Gasteiger partial charge in [0.25, 0.3) is 0 Å². The highest BCUT2D eigenvalue weighted by Crippen LogP contribution is 2.28. The van der Waals surface area contributed by atoms with Gasteiger partial charge in [-0.15, -0.1) is 11.8 Å². The highest BCUT2D eigenvalue weighted by Gasteiger charge is 2.13. The highest BCUT2D eigenvalue weighted by molar-refractivity contribution is 8.00. The van der Waals surface area contributed by atoms with Gasteiger partial charge in [0.2, 0.25) is 0 Å². The molecule has 1 nitrogen and oxygen atoms in total. The summed E-state index contributed by atoms with van der Waals surface area (Å²) in [5.74, 6) is 0. The molecule has 0 fully saturated rings. The second kappa shape index (κ2) is 5.41. The number of benzene rings is 1. The third-order valence-corrected chi connectivity index (χ3v) is 3.78. The fraction of sp³-hybridized carbons (Fsp3) is 0.500. The minimum absolute atomic E-state index is 0.0699. The molecule has 1 aromatic carbocycles. The standard InChI is InChI=1S/C14H19NS/c1-5-12(10-15)16-13-8-6-11(7-9-13)14(2,3)4/h6-9,12H,5H2,1-4H3. The maximum atomic E-state index is 8.90. The molecule has 0 N–H and O–H groups in total. The molecule has 0 aromatic heterocycles. The van der Waals surface area contributed by atoms with Crippen molar-refractivity contribution in [2.45, 2.75) is 49.7 Å². The van der Waals surface area contributed by atoms with Crippen molar-refractivity contribution in [2.75, 3.05) is 0 Å². The second-order valence-corrected chi connectivity index (χ2v) is 6.19. The van der Waals surface area contributed by atoms with Gasteiger partial charge < -0.3 is 0 Å². The Labute approximate surface area is 103 Å². The number of hydrogen-bond acceptors (Lipinski definition) is 2. The van der Waals surface area contributed by atoms with Gasteiger partial charge in [-0.25, -0.2) is 0 Å². The Morgan fingerprint density at radius 2 is 1.81 bits per heavy atom. The van der Waals surface area contributed by atoms with Gasteiger partial charge in [0.15, 0.2) is 0 Å². The van der Waals surface area contributed by atoms with E-state index in [-0.39, 0.29) is 10.7 Å². The van der Waals surface area contributed by atoms with Crippen LogP contribution in [-0.4, -0.2) is 5.25 Å². The Kier molecular flexibility index (Phi) is 4.44. The molecule has 0 aliphatic rings. The average Bonchev–Trinajstić information content (AvgIpc) is 2.25. The first-order valence-electron chi connectivity index (χ1n) is 5.64. The predicted molar refractivity (Wildman–Crippen MR) is 70.7 cm³/mol. The Hall–Kier alpha value is -0.940. The monoisotopic (exact) mass is 233 g/mol. The first kappa shape index (κ1) is 13.1. The van der Waals surface area contributed by atoms with E-state index in [0.717, 1.165) is 6.42 Å². The van der Waals surface area contributed by atoms with Gasteiger partial charge in [0, 0.05) is 4.90 Å². The van der Waals surface area contributed by atoms with Crippen LogP contribution < -0.4 is 0 Å². The third kappa shape index (κ3) is 3.57. The van der Waals surface area contributed by atoms with Crippen LogP contribution in [0.1, 0.15) is 39.7 Å². The van der Waals surface area contributed by atoms with E-state index in [1.807, 2.05) is 6.92 Å². The van der Waals surface area contributed by atoms with Crippen molar-refractivity contribution in [3.63, 3.8) is 0 Å². The number of rotatable bonds is 3. The van der Waals surface area contributed by atoms with Crippen LogP contribution in [0.4, 0.5) is 0 Å². The Bertz CT molecular complexity index is 367. The van der Waals surface area contributed by atoms with Crippen molar-refractivity contribution < 1.29 is 0 Å². The lowest BCUT2D eigenvalue weighted by atomic mass is 9.87. The number of nitriles is 1. The molecular formula is C14H19NS. The molecule has 0 bridgehead atoms. The number of hydrogen-bond donors (Lipinski definition) is 0. The summed E-state index contributed by atoms with van der Waals surface area (Å²) in [4.78, 5) is 1.18. The van der Waals surface area contributed by atoms with E-state index in [9.17, 15) is 0 Å². The summed E-state index contributed by atoms with van der Waals surface area (Å²) < 4.78 is 0. The average molecular weight is 233 g/mol. The molecular weight excluding hydrogens is 214 g/mol. The Morgan fingerprint density at radius 3 is 2.19 bits per heavy atom. The summed E-state index contributed by atoms with van der Waals surface area (Å²) in [7, 11) is 0.